The Kier molecular flexibility index (Phi) is 8.03. The lowest BCUT2D eigenvalue weighted by molar-refractivity contribution is -0.137. The van der Waals surface area contributed by atoms with Crippen LogP contribution in [0.15, 0.2) is 82.8 Å². The summed E-state index contributed by atoms with van der Waals surface area (Å²) in [6.07, 6.45) is -3.78. The Hall–Kier alpha value is -3.57. The predicted molar refractivity (Wildman–Crippen MR) is 126 cm³/mol. The van der Waals surface area contributed by atoms with E-state index in [4.69, 9.17) is 16.3 Å². The van der Waals surface area contributed by atoms with Crippen LogP contribution in [0, 0.1) is 0 Å². The van der Waals surface area contributed by atoms with Gasteiger partial charge in [-0.2, -0.15) is 18.3 Å². The van der Waals surface area contributed by atoms with E-state index < -0.39 is 34.2 Å². The number of nitrogens with zero attached hydrogens (tertiary/aromatic N) is 2. The Morgan fingerprint density at radius 3 is 2.37 bits per heavy atom. The minimum Gasteiger partial charge on any atom is -0.495 e. The molecule has 0 aliphatic heterocycles. The largest absolute Gasteiger partial charge is 0.495 e. The van der Waals surface area contributed by atoms with Gasteiger partial charge in [0.15, 0.2) is 0 Å². The van der Waals surface area contributed by atoms with Crippen LogP contribution in [0.3, 0.4) is 0 Å². The Morgan fingerprint density at radius 1 is 1.09 bits per heavy atom. The van der Waals surface area contributed by atoms with Crippen LogP contribution in [-0.4, -0.2) is 34.2 Å². The van der Waals surface area contributed by atoms with Gasteiger partial charge in [0.05, 0.1) is 34.5 Å². The molecular weight excluding hydrogens is 507 g/mol. The molecule has 35 heavy (non-hydrogen) atoms. The number of benzene rings is 3. The number of hydrazone groups is 1. The lowest BCUT2D eigenvalue weighted by Gasteiger charge is -2.24. The average molecular weight is 526 g/mol. The first-order chi connectivity index (χ1) is 16.5. The van der Waals surface area contributed by atoms with E-state index in [-0.39, 0.29) is 21.2 Å². The van der Waals surface area contributed by atoms with Crippen molar-refractivity contribution in [1.29, 1.82) is 0 Å². The molecule has 0 radical (unpaired) electrons. The summed E-state index contributed by atoms with van der Waals surface area (Å²) in [6.45, 7) is -0.724. The van der Waals surface area contributed by atoms with Gasteiger partial charge in [0.1, 0.15) is 12.3 Å². The van der Waals surface area contributed by atoms with Gasteiger partial charge in [-0.05, 0) is 36.4 Å². The molecule has 0 aliphatic carbocycles. The maximum Gasteiger partial charge on any atom is 0.417 e. The topological polar surface area (TPSA) is 88.1 Å². The zero-order valence-electron chi connectivity index (χ0n) is 18.2. The van der Waals surface area contributed by atoms with E-state index in [0.717, 1.165) is 16.6 Å². The van der Waals surface area contributed by atoms with Gasteiger partial charge in [0.25, 0.3) is 15.9 Å². The summed E-state index contributed by atoms with van der Waals surface area (Å²) >= 11 is 6.15. The number of carbonyl (C=O) groups excluding carboxylic acids is 1. The molecule has 3 aromatic rings. The van der Waals surface area contributed by atoms with Crippen molar-refractivity contribution in [1.82, 2.24) is 5.43 Å². The second-order valence-electron chi connectivity index (χ2n) is 7.02. The van der Waals surface area contributed by atoms with E-state index in [1.165, 1.54) is 67.8 Å². The summed E-state index contributed by atoms with van der Waals surface area (Å²) in [6, 6.07) is 16.2. The van der Waals surface area contributed by atoms with Gasteiger partial charge in [-0.15, -0.1) is 0 Å². The number of nitrogens with one attached hydrogen (secondary N) is 1. The normalized spacial score (nSPS) is 11.9. The number of methoxy groups -OCH3 is 1. The van der Waals surface area contributed by atoms with Crippen LogP contribution in [-0.2, 0) is 21.0 Å². The molecular formula is C23H19ClF3N3O4S. The summed E-state index contributed by atoms with van der Waals surface area (Å²) in [5.41, 5.74) is 0.942. The molecule has 0 aromatic heterocycles. The summed E-state index contributed by atoms with van der Waals surface area (Å²) in [5.74, 6) is -0.595. The van der Waals surface area contributed by atoms with E-state index >= 15 is 0 Å². The van der Waals surface area contributed by atoms with Crippen LogP contribution in [0.25, 0.3) is 0 Å². The van der Waals surface area contributed by atoms with Crippen molar-refractivity contribution in [2.24, 2.45) is 5.10 Å². The quantitative estimate of drug-likeness (QED) is 0.341. The average Bonchev–Trinajstić information content (AvgIpc) is 2.82. The monoisotopic (exact) mass is 525 g/mol. The van der Waals surface area contributed by atoms with Gasteiger partial charge in [-0.3, -0.25) is 9.10 Å². The molecule has 12 heteroatoms. The van der Waals surface area contributed by atoms with Gasteiger partial charge < -0.3 is 4.74 Å². The van der Waals surface area contributed by atoms with Gasteiger partial charge in [-0.25, -0.2) is 13.8 Å². The lowest BCUT2D eigenvalue weighted by atomic mass is 10.1. The van der Waals surface area contributed by atoms with E-state index in [1.54, 1.807) is 6.07 Å². The van der Waals surface area contributed by atoms with Crippen molar-refractivity contribution in [3.05, 3.63) is 88.9 Å². The molecule has 3 aromatic carbocycles. The number of hydrogen-bond donors (Lipinski definition) is 1. The molecule has 184 valence electrons. The zero-order valence-corrected chi connectivity index (χ0v) is 19.7. The van der Waals surface area contributed by atoms with Crippen molar-refractivity contribution in [2.75, 3.05) is 18.0 Å². The highest BCUT2D eigenvalue weighted by Crippen LogP contribution is 2.32. The first kappa shape index (κ1) is 26.0. The van der Waals surface area contributed by atoms with Gasteiger partial charge in [0.2, 0.25) is 0 Å². The molecule has 3 rings (SSSR count). The van der Waals surface area contributed by atoms with Crippen LogP contribution in [0.1, 0.15) is 11.1 Å². The lowest BCUT2D eigenvalue weighted by Crippen LogP contribution is -2.39. The molecule has 0 fully saturated rings. The smallest absolute Gasteiger partial charge is 0.417 e. The Morgan fingerprint density at radius 2 is 1.74 bits per heavy atom. The number of ether oxygens (including phenoxy) is 1. The van der Waals surface area contributed by atoms with Crippen LogP contribution in [0.4, 0.5) is 18.9 Å². The molecule has 1 N–H and O–H groups in total. The Bertz CT molecular complexity index is 1330. The van der Waals surface area contributed by atoms with Gasteiger partial charge in [0, 0.05) is 5.56 Å². The minimum absolute atomic E-state index is 0.0706. The van der Waals surface area contributed by atoms with Crippen molar-refractivity contribution < 1.29 is 31.1 Å². The van der Waals surface area contributed by atoms with E-state index in [9.17, 15) is 26.4 Å². The minimum atomic E-state index is -4.61. The van der Waals surface area contributed by atoms with E-state index in [1.807, 2.05) is 0 Å². The fourth-order valence-corrected chi connectivity index (χ4v) is 4.74. The molecule has 1 amide bonds. The molecule has 0 bridgehead atoms. The first-order valence-corrected chi connectivity index (χ1v) is 11.8. The fraction of sp³-hybridized carbons (Fsp3) is 0.130. The fourth-order valence-electron chi connectivity index (χ4n) is 3.05. The number of anilines is 1. The predicted octanol–water partition coefficient (Wildman–Crippen LogP) is 4.71. The van der Waals surface area contributed by atoms with Crippen LogP contribution in [0.2, 0.25) is 5.02 Å². The molecule has 0 unspecified atom stereocenters. The molecule has 7 nitrogen and oxygen atoms in total. The molecule has 0 saturated carbocycles. The number of alkyl halides is 3. The molecule has 0 saturated heterocycles. The third-order valence-electron chi connectivity index (χ3n) is 4.70. The maximum absolute atomic E-state index is 13.3. The third-order valence-corrected chi connectivity index (χ3v) is 6.78. The first-order valence-electron chi connectivity index (χ1n) is 9.93. The number of sulfonamides is 1. The standard InChI is InChI=1S/C23H19ClF3N3O4S/c1-34-21-12-11-17(13-20(21)24)30(35(32,33)18-8-3-2-4-9-18)15-22(31)29-28-14-16-7-5-6-10-19(16)23(25,26)27/h2-14H,15H2,1H3,(H,29,31)/b28-14+. The van der Waals surface area contributed by atoms with Crippen LogP contribution >= 0.6 is 11.6 Å². The van der Waals surface area contributed by atoms with Crippen molar-refractivity contribution in [2.45, 2.75) is 11.1 Å². The SMILES string of the molecule is COc1ccc(N(CC(=O)N/N=C/c2ccccc2C(F)(F)F)S(=O)(=O)c2ccccc2)cc1Cl. The number of halogens is 4. The van der Waals surface area contributed by atoms with Gasteiger partial charge >= 0.3 is 6.18 Å². The highest BCUT2D eigenvalue weighted by Gasteiger charge is 2.32. The number of rotatable bonds is 8. The van der Waals surface area contributed by atoms with Crippen LogP contribution < -0.4 is 14.5 Å². The van der Waals surface area contributed by atoms with Crippen molar-refractivity contribution in [3.8, 4) is 5.75 Å². The molecule has 0 heterocycles. The second-order valence-corrected chi connectivity index (χ2v) is 9.29. The molecule has 0 aliphatic rings. The zero-order chi connectivity index (χ0) is 25.6. The summed E-state index contributed by atoms with van der Waals surface area (Å²) < 4.78 is 71.9. The number of amides is 1. The van der Waals surface area contributed by atoms with E-state index in [2.05, 4.69) is 10.5 Å². The van der Waals surface area contributed by atoms with E-state index in [0.29, 0.717) is 5.75 Å². The number of carbonyl (C=O) groups is 1. The van der Waals surface area contributed by atoms with Crippen molar-refractivity contribution >= 4 is 39.4 Å². The third kappa shape index (κ3) is 6.31. The van der Waals surface area contributed by atoms with Crippen LogP contribution in [0.5, 0.6) is 5.75 Å². The molecule has 0 atom stereocenters. The van der Waals surface area contributed by atoms with Crippen molar-refractivity contribution in [3.63, 3.8) is 0 Å². The number of hydrogen-bond acceptors (Lipinski definition) is 5. The molecule has 0 spiro atoms. The summed E-state index contributed by atoms with van der Waals surface area (Å²) in [7, 11) is -2.83. The Labute approximate surface area is 204 Å². The Balaban J connectivity index is 1.88. The maximum atomic E-state index is 13.3. The second kappa shape index (κ2) is 10.8. The summed E-state index contributed by atoms with van der Waals surface area (Å²) in [5, 5.41) is 3.68. The van der Waals surface area contributed by atoms with Gasteiger partial charge in [-0.1, -0.05) is 48.0 Å². The highest BCUT2D eigenvalue weighted by molar-refractivity contribution is 7.92. The highest BCUT2D eigenvalue weighted by atomic mass is 35.5. The summed E-state index contributed by atoms with van der Waals surface area (Å²) in [4.78, 5) is 12.5.